The number of hydrogen-bond donors (Lipinski definition) is 3. The third-order valence-electron chi connectivity index (χ3n) is 5.25. The van der Waals surface area contributed by atoms with Gasteiger partial charge >= 0.3 is 0 Å². The lowest BCUT2D eigenvalue weighted by Crippen LogP contribution is -2.45. The van der Waals surface area contributed by atoms with E-state index in [1.165, 1.54) is 17.7 Å². The van der Waals surface area contributed by atoms with Crippen molar-refractivity contribution in [2.75, 3.05) is 13.2 Å². The summed E-state index contributed by atoms with van der Waals surface area (Å²) in [6.07, 6.45) is 3.03. The van der Waals surface area contributed by atoms with Gasteiger partial charge in [-0.1, -0.05) is 17.7 Å². The van der Waals surface area contributed by atoms with Crippen molar-refractivity contribution in [1.29, 1.82) is 0 Å². The molecule has 0 bridgehead atoms. The van der Waals surface area contributed by atoms with Crippen LogP contribution in [0, 0.1) is 12.8 Å². The Balaban J connectivity index is 1.42. The van der Waals surface area contributed by atoms with Gasteiger partial charge in [0.2, 0.25) is 0 Å². The van der Waals surface area contributed by atoms with Crippen molar-refractivity contribution in [1.82, 2.24) is 5.32 Å². The minimum Gasteiger partial charge on any atom is -0.508 e. The Labute approximate surface area is 160 Å². The van der Waals surface area contributed by atoms with Crippen molar-refractivity contribution in [3.63, 3.8) is 0 Å². The molecule has 0 heterocycles. The van der Waals surface area contributed by atoms with Crippen molar-refractivity contribution in [2.45, 2.75) is 38.2 Å². The number of aryl methyl sites for hydroxylation is 1. The van der Waals surface area contributed by atoms with Crippen molar-refractivity contribution in [3.05, 3.63) is 59.7 Å². The summed E-state index contributed by atoms with van der Waals surface area (Å²) in [6, 6.07) is 14.1. The van der Waals surface area contributed by atoms with Crippen LogP contribution >= 0.6 is 0 Å². The van der Waals surface area contributed by atoms with Crippen molar-refractivity contribution in [2.24, 2.45) is 5.92 Å². The molecule has 1 aliphatic rings. The molecular formula is C22H27NO4. The molecule has 1 fully saturated rings. The van der Waals surface area contributed by atoms with Crippen molar-refractivity contribution >= 4 is 5.91 Å². The summed E-state index contributed by atoms with van der Waals surface area (Å²) in [6.45, 7) is 2.93. The molecule has 5 heteroatoms. The molecule has 27 heavy (non-hydrogen) atoms. The van der Waals surface area contributed by atoms with Gasteiger partial charge in [0.05, 0.1) is 12.2 Å². The number of hydrogen-bond acceptors (Lipinski definition) is 4. The van der Waals surface area contributed by atoms with Crippen LogP contribution < -0.4 is 10.1 Å². The van der Waals surface area contributed by atoms with E-state index in [2.05, 4.69) is 5.32 Å². The van der Waals surface area contributed by atoms with E-state index in [1.54, 1.807) is 12.1 Å². The molecule has 2 aromatic rings. The topological polar surface area (TPSA) is 78.8 Å². The summed E-state index contributed by atoms with van der Waals surface area (Å²) in [7, 11) is 0. The van der Waals surface area contributed by atoms with Crippen LogP contribution in [0.1, 0.15) is 41.6 Å². The number of nitrogens with one attached hydrogen (secondary N) is 1. The van der Waals surface area contributed by atoms with Crippen LogP contribution in [0.15, 0.2) is 48.5 Å². The van der Waals surface area contributed by atoms with Gasteiger partial charge in [0.1, 0.15) is 11.5 Å². The fourth-order valence-electron chi connectivity index (χ4n) is 3.37. The third-order valence-corrected chi connectivity index (χ3v) is 5.25. The number of rotatable bonds is 6. The maximum atomic E-state index is 12.2. The molecule has 3 rings (SSSR count). The van der Waals surface area contributed by atoms with Gasteiger partial charge in [0.25, 0.3) is 5.91 Å². The first-order valence-corrected chi connectivity index (χ1v) is 9.43. The average molecular weight is 369 g/mol. The molecule has 5 nitrogen and oxygen atoms in total. The standard InChI is InChI=1S/C22H27NO4/c1-16-2-8-20(9-3-16)27-14-17-10-12-22(26,13-11-17)15-23-21(25)18-4-6-19(24)7-5-18/h2-9,17,24,26H,10-15H2,1H3,(H,23,25)/t17-,22-. The lowest BCUT2D eigenvalue weighted by molar-refractivity contribution is -0.0129. The fraction of sp³-hybridized carbons (Fsp3) is 0.409. The number of amides is 1. The Morgan fingerprint density at radius 3 is 2.37 bits per heavy atom. The Kier molecular flexibility index (Phi) is 6.01. The summed E-state index contributed by atoms with van der Waals surface area (Å²) >= 11 is 0. The van der Waals surface area contributed by atoms with Crippen LogP contribution in [0.2, 0.25) is 0 Å². The van der Waals surface area contributed by atoms with Crippen LogP contribution in [-0.4, -0.2) is 34.9 Å². The summed E-state index contributed by atoms with van der Waals surface area (Å²) in [5.41, 5.74) is 0.809. The second-order valence-electron chi connectivity index (χ2n) is 7.52. The van der Waals surface area contributed by atoms with E-state index in [1.807, 2.05) is 31.2 Å². The van der Waals surface area contributed by atoms with Crippen LogP contribution in [0.5, 0.6) is 11.5 Å². The highest BCUT2D eigenvalue weighted by atomic mass is 16.5. The SMILES string of the molecule is Cc1ccc(OC[C@H]2CC[C@@](O)(CNC(=O)c3ccc(O)cc3)CC2)cc1. The van der Waals surface area contributed by atoms with E-state index in [0.717, 1.165) is 18.6 Å². The number of carbonyl (C=O) groups excluding carboxylic acids is 1. The monoisotopic (exact) mass is 369 g/mol. The molecule has 0 unspecified atom stereocenters. The summed E-state index contributed by atoms with van der Waals surface area (Å²) in [5, 5.41) is 22.8. The Morgan fingerprint density at radius 1 is 1.11 bits per heavy atom. The highest BCUT2D eigenvalue weighted by molar-refractivity contribution is 5.94. The molecule has 3 N–H and O–H groups in total. The number of phenolic OH excluding ortho intramolecular Hbond substituents is 1. The fourth-order valence-corrected chi connectivity index (χ4v) is 3.37. The molecule has 0 radical (unpaired) electrons. The maximum absolute atomic E-state index is 12.2. The molecule has 144 valence electrons. The van der Waals surface area contributed by atoms with Gasteiger partial charge in [-0.3, -0.25) is 4.79 Å². The minimum absolute atomic E-state index is 0.122. The van der Waals surface area contributed by atoms with E-state index >= 15 is 0 Å². The average Bonchev–Trinajstić information content (AvgIpc) is 2.68. The lowest BCUT2D eigenvalue weighted by Gasteiger charge is -2.36. The molecule has 0 atom stereocenters. The van der Waals surface area contributed by atoms with Gasteiger partial charge < -0.3 is 20.3 Å². The molecule has 0 aromatic heterocycles. The van der Waals surface area contributed by atoms with E-state index < -0.39 is 5.60 Å². The smallest absolute Gasteiger partial charge is 0.251 e. The number of benzene rings is 2. The number of aromatic hydroxyl groups is 1. The van der Waals surface area contributed by atoms with E-state index in [0.29, 0.717) is 30.9 Å². The highest BCUT2D eigenvalue weighted by Crippen LogP contribution is 2.32. The van der Waals surface area contributed by atoms with Crippen molar-refractivity contribution in [3.8, 4) is 11.5 Å². The molecule has 0 aliphatic heterocycles. The van der Waals surface area contributed by atoms with Crippen LogP contribution in [0.25, 0.3) is 0 Å². The van der Waals surface area contributed by atoms with E-state index in [-0.39, 0.29) is 18.2 Å². The first-order chi connectivity index (χ1) is 12.9. The molecule has 0 spiro atoms. The number of aliphatic hydroxyl groups is 1. The maximum Gasteiger partial charge on any atom is 0.251 e. The van der Waals surface area contributed by atoms with Gasteiger partial charge in [-0.2, -0.15) is 0 Å². The second-order valence-corrected chi connectivity index (χ2v) is 7.52. The predicted octanol–water partition coefficient (Wildman–Crippen LogP) is 3.43. The normalized spacial score (nSPS) is 22.2. The second kappa shape index (κ2) is 8.44. The zero-order chi connectivity index (χ0) is 19.3. The van der Waals surface area contributed by atoms with Gasteiger partial charge in [0.15, 0.2) is 0 Å². The Bertz CT molecular complexity index is 747. The third kappa shape index (κ3) is 5.47. The van der Waals surface area contributed by atoms with Crippen LogP contribution in [0.3, 0.4) is 0 Å². The number of phenols is 1. The van der Waals surface area contributed by atoms with Crippen LogP contribution in [0.4, 0.5) is 0 Å². The van der Waals surface area contributed by atoms with E-state index in [9.17, 15) is 15.0 Å². The molecule has 2 aromatic carbocycles. The van der Waals surface area contributed by atoms with Crippen LogP contribution in [-0.2, 0) is 0 Å². The predicted molar refractivity (Wildman–Crippen MR) is 104 cm³/mol. The number of ether oxygens (including phenoxy) is 1. The van der Waals surface area contributed by atoms with Gasteiger partial charge in [0, 0.05) is 12.1 Å². The first kappa shape index (κ1) is 19.2. The molecule has 1 saturated carbocycles. The molecule has 1 amide bonds. The van der Waals surface area contributed by atoms with E-state index in [4.69, 9.17) is 4.74 Å². The summed E-state index contributed by atoms with van der Waals surface area (Å²) in [4.78, 5) is 12.2. The first-order valence-electron chi connectivity index (χ1n) is 9.43. The van der Waals surface area contributed by atoms with Gasteiger partial charge in [-0.05, 0) is 74.9 Å². The zero-order valence-electron chi connectivity index (χ0n) is 15.6. The van der Waals surface area contributed by atoms with Crippen molar-refractivity contribution < 1.29 is 19.7 Å². The quantitative estimate of drug-likeness (QED) is 0.729. The summed E-state index contributed by atoms with van der Waals surface area (Å²) in [5.74, 6) is 1.17. The summed E-state index contributed by atoms with van der Waals surface area (Å²) < 4.78 is 5.86. The highest BCUT2D eigenvalue weighted by Gasteiger charge is 2.33. The lowest BCUT2D eigenvalue weighted by atomic mass is 9.79. The Morgan fingerprint density at radius 2 is 1.74 bits per heavy atom. The van der Waals surface area contributed by atoms with Gasteiger partial charge in [-0.25, -0.2) is 0 Å². The zero-order valence-corrected chi connectivity index (χ0v) is 15.6. The molecule has 1 aliphatic carbocycles. The minimum atomic E-state index is -0.868. The molecule has 0 saturated heterocycles. The van der Waals surface area contributed by atoms with Gasteiger partial charge in [-0.15, -0.1) is 0 Å². The molecular weight excluding hydrogens is 342 g/mol. The number of carbonyl (C=O) groups is 1. The largest absolute Gasteiger partial charge is 0.508 e. The Hall–Kier alpha value is -2.53.